The van der Waals surface area contributed by atoms with Crippen LogP contribution in [0.3, 0.4) is 0 Å². The van der Waals surface area contributed by atoms with Crippen molar-refractivity contribution in [2.45, 2.75) is 58.3 Å². The lowest BCUT2D eigenvalue weighted by Crippen LogP contribution is -2.35. The van der Waals surface area contributed by atoms with Gasteiger partial charge in [0.25, 0.3) is 5.91 Å². The number of nitrogens with one attached hydrogen (secondary N) is 3. The van der Waals surface area contributed by atoms with E-state index in [1.54, 1.807) is 30.5 Å². The van der Waals surface area contributed by atoms with E-state index < -0.39 is 6.61 Å². The van der Waals surface area contributed by atoms with Gasteiger partial charge in [-0.15, -0.1) is 0 Å². The molecule has 2 aromatic heterocycles. The summed E-state index contributed by atoms with van der Waals surface area (Å²) in [7, 11) is 1.83. The second-order valence-electron chi connectivity index (χ2n) is 12.5. The van der Waals surface area contributed by atoms with Crippen molar-refractivity contribution in [2.75, 3.05) is 31.6 Å². The third-order valence-corrected chi connectivity index (χ3v) is 9.64. The van der Waals surface area contributed by atoms with Crippen LogP contribution in [0.15, 0.2) is 48.7 Å². The number of imidazole rings is 1. The van der Waals surface area contributed by atoms with Crippen LogP contribution >= 0.6 is 11.6 Å². The van der Waals surface area contributed by atoms with E-state index in [1.807, 2.05) is 30.7 Å². The number of carbonyl (C=O) groups excluding carboxylic acids is 2. The summed E-state index contributed by atoms with van der Waals surface area (Å²) >= 11 is 6.97. The maximum atomic E-state index is 13.5. The minimum absolute atomic E-state index is 0.00379. The third-order valence-electron chi connectivity index (χ3n) is 9.26. The quantitative estimate of drug-likeness (QED) is 0.155. The number of ether oxygens (including phenoxy) is 1. The van der Waals surface area contributed by atoms with E-state index in [1.165, 1.54) is 6.07 Å². The number of halogens is 4. The largest absolute Gasteiger partial charge is 0.434 e. The van der Waals surface area contributed by atoms with Crippen molar-refractivity contribution < 1.29 is 27.5 Å². The van der Waals surface area contributed by atoms with Crippen LogP contribution in [0.4, 0.5) is 18.9 Å². The number of alkyl halides is 3. The van der Waals surface area contributed by atoms with Crippen LogP contribution in [-0.4, -0.2) is 70.2 Å². The van der Waals surface area contributed by atoms with Crippen molar-refractivity contribution >= 4 is 29.1 Å². The van der Waals surface area contributed by atoms with E-state index in [2.05, 4.69) is 30.8 Å². The summed E-state index contributed by atoms with van der Waals surface area (Å²) in [4.78, 5) is 36.3. The molecule has 10 nitrogen and oxygen atoms in total. The molecule has 0 radical (unpaired) electrons. The number of aromatic nitrogens is 3. The van der Waals surface area contributed by atoms with E-state index in [9.17, 15) is 22.8 Å². The number of hydrogen-bond donors (Lipinski definition) is 3. The molecule has 2 aliphatic rings. The average Bonchev–Trinajstić information content (AvgIpc) is 3.67. The fraction of sp³-hybridized carbons (Fsp3) is 0.389. The van der Waals surface area contributed by atoms with Gasteiger partial charge in [0.2, 0.25) is 5.91 Å². The van der Waals surface area contributed by atoms with E-state index in [4.69, 9.17) is 16.3 Å². The SMILES string of the molecule is Cc1c(NC(=O)c2nc3c(n2C)CCN(CCCF)C3)cccc1-c1ccnc(-c2ccc(CNC[C@H]3CCC(=O)N3)c(OC(F)F)c2)c1Cl. The van der Waals surface area contributed by atoms with Crippen molar-refractivity contribution in [1.29, 1.82) is 0 Å². The zero-order valence-electron chi connectivity index (χ0n) is 27.9. The normalized spacial score (nSPS) is 16.1. The van der Waals surface area contributed by atoms with Gasteiger partial charge in [-0.1, -0.05) is 35.9 Å². The van der Waals surface area contributed by atoms with Gasteiger partial charge in [-0.3, -0.25) is 23.9 Å². The van der Waals surface area contributed by atoms with Crippen LogP contribution in [-0.2, 0) is 31.4 Å². The number of nitrogens with zero attached hydrogens (tertiary/aromatic N) is 4. The van der Waals surface area contributed by atoms with E-state index in [-0.39, 0.29) is 36.8 Å². The molecule has 14 heteroatoms. The van der Waals surface area contributed by atoms with Crippen LogP contribution in [0.2, 0.25) is 5.02 Å². The summed E-state index contributed by atoms with van der Waals surface area (Å²) in [6, 6.07) is 12.2. The van der Waals surface area contributed by atoms with Crippen LogP contribution in [0.25, 0.3) is 22.4 Å². The number of benzene rings is 2. The number of anilines is 1. The Labute approximate surface area is 293 Å². The molecule has 6 rings (SSSR count). The molecule has 0 spiro atoms. The Kier molecular flexibility index (Phi) is 11.0. The molecule has 2 aliphatic heterocycles. The monoisotopic (exact) mass is 709 g/mol. The first kappa shape index (κ1) is 35.4. The summed E-state index contributed by atoms with van der Waals surface area (Å²) in [5.41, 5.74) is 5.95. The Hall–Kier alpha value is -4.46. The van der Waals surface area contributed by atoms with Gasteiger partial charge in [-0.2, -0.15) is 8.78 Å². The van der Waals surface area contributed by atoms with Crippen LogP contribution in [0.5, 0.6) is 5.75 Å². The molecular weight excluding hydrogens is 671 g/mol. The zero-order chi connectivity index (χ0) is 35.4. The highest BCUT2D eigenvalue weighted by atomic mass is 35.5. The van der Waals surface area contributed by atoms with Gasteiger partial charge < -0.3 is 25.3 Å². The first-order valence-corrected chi connectivity index (χ1v) is 17.0. The van der Waals surface area contributed by atoms with Gasteiger partial charge in [0.1, 0.15) is 5.75 Å². The molecule has 0 aliphatic carbocycles. The molecule has 50 heavy (non-hydrogen) atoms. The summed E-state index contributed by atoms with van der Waals surface area (Å²) in [6.45, 7) is 1.24. The molecule has 3 N–H and O–H groups in total. The zero-order valence-corrected chi connectivity index (χ0v) is 28.6. The lowest BCUT2D eigenvalue weighted by molar-refractivity contribution is -0.119. The maximum Gasteiger partial charge on any atom is 0.387 e. The number of hydrogen-bond acceptors (Lipinski definition) is 7. The average molecular weight is 710 g/mol. The fourth-order valence-corrected chi connectivity index (χ4v) is 6.94. The summed E-state index contributed by atoms with van der Waals surface area (Å²) < 4.78 is 46.3. The molecule has 1 fully saturated rings. The number of rotatable bonds is 13. The lowest BCUT2D eigenvalue weighted by Gasteiger charge is -2.26. The van der Waals surface area contributed by atoms with E-state index in [0.717, 1.165) is 41.9 Å². The number of carbonyl (C=O) groups is 2. The number of fused-ring (bicyclic) bond motifs is 1. The van der Waals surface area contributed by atoms with Crippen molar-refractivity contribution in [2.24, 2.45) is 7.05 Å². The van der Waals surface area contributed by atoms with Gasteiger partial charge in [-0.05, 0) is 49.1 Å². The molecule has 4 aromatic rings. The molecule has 0 unspecified atom stereocenters. The Morgan fingerprint density at radius 1 is 1.18 bits per heavy atom. The van der Waals surface area contributed by atoms with Gasteiger partial charge in [0, 0.05) is 92.9 Å². The smallest absolute Gasteiger partial charge is 0.387 e. The summed E-state index contributed by atoms with van der Waals surface area (Å²) in [5.74, 6) is -0.0626. The van der Waals surface area contributed by atoms with E-state index >= 15 is 0 Å². The van der Waals surface area contributed by atoms with Crippen molar-refractivity contribution in [3.63, 3.8) is 0 Å². The first-order chi connectivity index (χ1) is 24.1. The van der Waals surface area contributed by atoms with Crippen molar-refractivity contribution in [3.8, 4) is 28.1 Å². The highest BCUT2D eigenvalue weighted by molar-refractivity contribution is 6.35. The second-order valence-corrected chi connectivity index (χ2v) is 12.9. The van der Waals surface area contributed by atoms with Crippen molar-refractivity contribution in [3.05, 3.63) is 82.0 Å². The standard InChI is InChI=1S/C36H39ClF3N7O3/c1-21-25(5-3-6-27(21)45-35(49)34-44-28-20-47(15-4-13-38)16-12-29(28)46(34)2)26-11-14-42-33(32(26)37)22-7-8-23(30(17-22)50-36(39)40)18-41-19-24-9-10-31(48)43-24/h3,5-8,11,14,17,24,36,41H,4,9-10,12-13,15-16,18-20H2,1-2H3,(H,43,48)(H,45,49)/t24-/m1/s1. The second kappa shape index (κ2) is 15.6. The molecule has 2 aromatic carbocycles. The molecule has 0 bridgehead atoms. The highest BCUT2D eigenvalue weighted by Gasteiger charge is 2.26. The highest BCUT2D eigenvalue weighted by Crippen LogP contribution is 2.39. The topological polar surface area (TPSA) is 113 Å². The maximum absolute atomic E-state index is 13.5. The van der Waals surface area contributed by atoms with Gasteiger partial charge in [0.05, 0.1) is 23.1 Å². The Morgan fingerprint density at radius 2 is 2.02 bits per heavy atom. The van der Waals surface area contributed by atoms with Gasteiger partial charge in [-0.25, -0.2) is 4.98 Å². The summed E-state index contributed by atoms with van der Waals surface area (Å²) in [5, 5.41) is 9.40. The van der Waals surface area contributed by atoms with Gasteiger partial charge in [0.15, 0.2) is 5.82 Å². The van der Waals surface area contributed by atoms with Crippen molar-refractivity contribution in [1.82, 2.24) is 30.1 Å². The molecular formula is C36H39ClF3N7O3. The van der Waals surface area contributed by atoms with Crippen LogP contribution in [0, 0.1) is 6.92 Å². The van der Waals surface area contributed by atoms with Gasteiger partial charge >= 0.3 is 6.61 Å². The third kappa shape index (κ3) is 7.79. The molecule has 4 heterocycles. The minimum atomic E-state index is -3.04. The lowest BCUT2D eigenvalue weighted by atomic mass is 9.97. The van der Waals surface area contributed by atoms with E-state index in [0.29, 0.717) is 71.4 Å². The molecule has 264 valence electrons. The molecule has 0 saturated carbocycles. The number of pyridine rings is 1. The first-order valence-electron chi connectivity index (χ1n) is 16.6. The van der Waals surface area contributed by atoms with Crippen LogP contribution < -0.4 is 20.7 Å². The van der Waals surface area contributed by atoms with Crippen LogP contribution in [0.1, 0.15) is 52.4 Å². The Morgan fingerprint density at radius 3 is 2.78 bits per heavy atom. The predicted molar refractivity (Wildman–Crippen MR) is 185 cm³/mol. The Bertz CT molecular complexity index is 1890. The predicted octanol–water partition coefficient (Wildman–Crippen LogP) is 6.05. The fourth-order valence-electron chi connectivity index (χ4n) is 6.62. The molecule has 2 amide bonds. The Balaban J connectivity index is 1.22. The molecule has 1 saturated heterocycles. The molecule has 1 atom stereocenters. The number of amides is 2. The summed E-state index contributed by atoms with van der Waals surface area (Å²) in [6.07, 6.45) is 3.98. The minimum Gasteiger partial charge on any atom is -0.434 e.